The van der Waals surface area contributed by atoms with Crippen LogP contribution in [0.5, 0.6) is 11.5 Å². The van der Waals surface area contributed by atoms with E-state index in [-0.39, 0.29) is 24.6 Å². The highest BCUT2D eigenvalue weighted by Crippen LogP contribution is 2.39. The number of aromatic nitrogens is 2. The van der Waals surface area contributed by atoms with E-state index in [1.54, 1.807) is 30.6 Å². The van der Waals surface area contributed by atoms with Crippen molar-refractivity contribution in [3.8, 4) is 22.1 Å². The van der Waals surface area contributed by atoms with E-state index in [2.05, 4.69) is 31.3 Å². The second kappa shape index (κ2) is 12.2. The first kappa shape index (κ1) is 26.6. The molecule has 6 nitrogen and oxygen atoms in total. The molecule has 1 aromatic carbocycles. The second-order valence-corrected chi connectivity index (χ2v) is 11.8. The number of benzene rings is 1. The third-order valence-corrected chi connectivity index (χ3v) is 6.63. The molecule has 1 aliphatic rings. The largest absolute Gasteiger partial charge is 0.453 e. The molecule has 5 rings (SSSR count). The van der Waals surface area contributed by atoms with Gasteiger partial charge in [0.1, 0.15) is 11.5 Å². The van der Waals surface area contributed by atoms with E-state index in [1.807, 2.05) is 18.2 Å². The van der Waals surface area contributed by atoms with Crippen LogP contribution in [-0.2, 0) is 27.0 Å². The van der Waals surface area contributed by atoms with Crippen LogP contribution in [0, 0.1) is 11.7 Å². The number of carbonyl (C=O) groups excluding carboxylic acids is 1. The van der Waals surface area contributed by atoms with Gasteiger partial charge in [0.25, 0.3) is 0 Å². The average molecular weight is 567 g/mol. The Kier molecular flexibility index (Phi) is 9.03. The summed E-state index contributed by atoms with van der Waals surface area (Å²) in [5, 5.41) is 9.20. The van der Waals surface area contributed by atoms with Gasteiger partial charge in [0, 0.05) is 52.7 Å². The van der Waals surface area contributed by atoms with E-state index in [4.69, 9.17) is 8.95 Å². The molecule has 36 heavy (non-hydrogen) atoms. The summed E-state index contributed by atoms with van der Waals surface area (Å²) in [5.41, 5.74) is 2.90. The monoisotopic (exact) mass is 566 g/mol. The molecule has 0 atom stereocenters. The summed E-state index contributed by atoms with van der Waals surface area (Å²) >= 11 is 1.46. The summed E-state index contributed by atoms with van der Waals surface area (Å²) < 4.78 is 30.5. The fourth-order valence-corrected chi connectivity index (χ4v) is 4.63. The maximum absolute atomic E-state index is 14.7. The average Bonchev–Trinajstić information content (AvgIpc) is 3.54. The first-order chi connectivity index (χ1) is 17.3. The van der Waals surface area contributed by atoms with Crippen LogP contribution in [0.2, 0.25) is 0 Å². The first-order valence-electron chi connectivity index (χ1n) is 11.0. The highest BCUT2D eigenvalue weighted by molar-refractivity contribution is 8.26. The van der Waals surface area contributed by atoms with Gasteiger partial charge in [0.05, 0.1) is 27.4 Å². The van der Waals surface area contributed by atoms with Crippen molar-refractivity contribution < 1.29 is 23.2 Å². The molecule has 0 unspecified atom stereocenters. The Morgan fingerprint density at radius 2 is 1.86 bits per heavy atom. The van der Waals surface area contributed by atoms with Crippen molar-refractivity contribution in [2.24, 2.45) is 5.92 Å². The number of hydrogen-bond donors (Lipinski definition) is 1. The highest BCUT2D eigenvalue weighted by Gasteiger charge is 2.24. The maximum Gasteiger partial charge on any atom is 0.211 e. The zero-order valence-electron chi connectivity index (χ0n) is 18.8. The molecule has 0 bridgehead atoms. The Morgan fingerprint density at radius 3 is 2.50 bits per heavy atom. The van der Waals surface area contributed by atoms with Gasteiger partial charge in [-0.25, -0.2) is 8.60 Å². The predicted octanol–water partition coefficient (Wildman–Crippen LogP) is 6.74. The molecule has 0 saturated heterocycles. The van der Waals surface area contributed by atoms with Crippen LogP contribution in [-0.4, -0.2) is 25.1 Å². The smallest absolute Gasteiger partial charge is 0.211 e. The number of halogens is 3. The molecule has 0 spiro atoms. The minimum absolute atomic E-state index is 0.0573. The van der Waals surface area contributed by atoms with Crippen LogP contribution in [0.4, 0.5) is 4.39 Å². The Labute approximate surface area is 222 Å². The van der Waals surface area contributed by atoms with E-state index in [1.165, 1.54) is 17.4 Å². The van der Waals surface area contributed by atoms with Crippen molar-refractivity contribution in [2.75, 3.05) is 0 Å². The van der Waals surface area contributed by atoms with Gasteiger partial charge in [-0.2, -0.15) is 0 Å². The molecular formula is C25H21Cl2FN2O4S2. The van der Waals surface area contributed by atoms with Crippen LogP contribution in [0.3, 0.4) is 0 Å². The molecule has 1 aliphatic carbocycles. The van der Waals surface area contributed by atoms with Gasteiger partial charge in [0.2, 0.25) is 9.23 Å². The minimum atomic E-state index is -1.67. The van der Waals surface area contributed by atoms with Gasteiger partial charge in [-0.15, -0.1) is 11.3 Å². The van der Waals surface area contributed by atoms with Gasteiger partial charge in [-0.05, 0) is 54.2 Å². The summed E-state index contributed by atoms with van der Waals surface area (Å²) in [6.07, 6.45) is 6.36. The molecule has 0 radical (unpaired) electrons. The highest BCUT2D eigenvalue weighted by atomic mass is 36.0. The fourth-order valence-electron chi connectivity index (χ4n) is 3.58. The molecule has 4 aromatic rings. The number of hydrogen-bond acceptors (Lipinski definition) is 7. The van der Waals surface area contributed by atoms with Crippen molar-refractivity contribution >= 4 is 57.9 Å². The Bertz CT molecular complexity index is 1390. The number of ketones is 1. The van der Waals surface area contributed by atoms with E-state index < -0.39 is 15.0 Å². The molecule has 0 aliphatic heterocycles. The second-order valence-electron chi connectivity index (χ2n) is 8.26. The number of Topliss-reactive ketones (excluding diaryl/α,β-unsaturated/α-hetero) is 1. The van der Waals surface area contributed by atoms with Gasteiger partial charge in [-0.3, -0.25) is 14.8 Å². The van der Waals surface area contributed by atoms with E-state index >= 15 is 0 Å². The van der Waals surface area contributed by atoms with Crippen molar-refractivity contribution in [3.05, 3.63) is 71.8 Å². The summed E-state index contributed by atoms with van der Waals surface area (Å²) in [5.74, 6) is 0.807. The van der Waals surface area contributed by atoms with Crippen molar-refractivity contribution in [1.82, 2.24) is 9.97 Å². The summed E-state index contributed by atoms with van der Waals surface area (Å²) in [6.45, 7) is -0.0573. The van der Waals surface area contributed by atoms with Crippen LogP contribution >= 0.6 is 32.7 Å². The van der Waals surface area contributed by atoms with Crippen LogP contribution in [0.1, 0.15) is 30.4 Å². The lowest BCUT2D eigenvalue weighted by Gasteiger charge is -2.09. The number of rotatable bonds is 8. The molecule has 3 aromatic heterocycles. The van der Waals surface area contributed by atoms with Gasteiger partial charge in [0.15, 0.2) is 11.6 Å². The molecule has 188 valence electrons. The van der Waals surface area contributed by atoms with Crippen molar-refractivity contribution in [2.45, 2.75) is 32.3 Å². The maximum atomic E-state index is 14.7. The van der Waals surface area contributed by atoms with Crippen molar-refractivity contribution in [1.29, 1.82) is 0 Å². The van der Waals surface area contributed by atoms with Crippen LogP contribution < -0.4 is 4.74 Å². The van der Waals surface area contributed by atoms with Gasteiger partial charge < -0.3 is 9.84 Å². The van der Waals surface area contributed by atoms with Gasteiger partial charge >= 0.3 is 0 Å². The predicted molar refractivity (Wildman–Crippen MR) is 141 cm³/mol. The number of fused-ring (bicyclic) bond motifs is 1. The molecule has 1 N–H and O–H groups in total. The molecule has 1 saturated carbocycles. The summed E-state index contributed by atoms with van der Waals surface area (Å²) in [6, 6.07) is 12.0. The summed E-state index contributed by atoms with van der Waals surface area (Å²) in [7, 11) is 7.36. The number of carbonyl (C=O) groups is 1. The number of nitrogens with zero attached hydrogens (tertiary/aromatic N) is 2. The number of aliphatic hydroxyl groups excluding tert-OH is 1. The van der Waals surface area contributed by atoms with E-state index in [0.717, 1.165) is 39.2 Å². The number of ether oxygens (including phenoxy) is 1. The first-order valence-corrected chi connectivity index (χ1v) is 14.6. The topological polar surface area (TPSA) is 89.4 Å². The standard InChI is InChI=1S/C25H21FN2O3S.Cl2OS/c26-19-11-16(10-18(30)9-15-1-2-15)4-6-22(19)31-23-7-8-27-21-12-24(32-25(21)23)20-5-3-17(14-29)13-28-20;1-4(2)3/h3-8,11-13,15,29H,1-2,9-10,14H2;. The lowest BCUT2D eigenvalue weighted by molar-refractivity contribution is -0.118. The zero-order chi connectivity index (χ0) is 25.7. The molecule has 3 heterocycles. The lowest BCUT2D eigenvalue weighted by atomic mass is 10.0. The SMILES string of the molecule is O=C(Cc1ccc(Oc2ccnc3cc(-c4ccc(CO)cn4)sc23)c(F)c1)CC1CC1.O=S(Cl)Cl. The third kappa shape index (κ3) is 7.30. The normalized spacial score (nSPS) is 12.9. The van der Waals surface area contributed by atoms with E-state index in [0.29, 0.717) is 23.7 Å². The minimum Gasteiger partial charge on any atom is -0.453 e. The lowest BCUT2D eigenvalue weighted by Crippen LogP contribution is -2.04. The van der Waals surface area contributed by atoms with Crippen LogP contribution in [0.25, 0.3) is 20.8 Å². The fraction of sp³-hybridized carbons (Fsp3) is 0.240. The summed E-state index contributed by atoms with van der Waals surface area (Å²) in [4.78, 5) is 21.8. The molecule has 1 fully saturated rings. The quantitative estimate of drug-likeness (QED) is 0.237. The van der Waals surface area contributed by atoms with Gasteiger partial charge in [-0.1, -0.05) is 12.1 Å². The Morgan fingerprint density at radius 1 is 1.11 bits per heavy atom. The van der Waals surface area contributed by atoms with Crippen LogP contribution in [0.15, 0.2) is 54.9 Å². The number of pyridine rings is 2. The number of thiophene rings is 1. The molecular weight excluding hydrogens is 546 g/mol. The number of aliphatic hydroxyl groups is 1. The van der Waals surface area contributed by atoms with E-state index in [9.17, 15) is 14.3 Å². The van der Waals surface area contributed by atoms with Crippen molar-refractivity contribution in [3.63, 3.8) is 0 Å². The zero-order valence-corrected chi connectivity index (χ0v) is 22.0. The third-order valence-electron chi connectivity index (χ3n) is 5.47. The molecule has 0 amide bonds. The Balaban J connectivity index is 0.000000709. The molecule has 11 heteroatoms. The Hall–Kier alpha value is -2.43.